The Bertz CT molecular complexity index is 1350. The van der Waals surface area contributed by atoms with Crippen LogP contribution in [-0.2, 0) is 4.79 Å². The summed E-state index contributed by atoms with van der Waals surface area (Å²) < 4.78 is 26.3. The van der Waals surface area contributed by atoms with Gasteiger partial charge in [-0.25, -0.2) is 13.8 Å². The lowest BCUT2D eigenvalue weighted by molar-refractivity contribution is -0.117. The predicted octanol–water partition coefficient (Wildman–Crippen LogP) is 7.41. The molecule has 0 radical (unpaired) electrons. The van der Waals surface area contributed by atoms with E-state index < -0.39 is 45.4 Å². The van der Waals surface area contributed by atoms with Crippen molar-refractivity contribution in [1.29, 1.82) is 0 Å². The topological polar surface area (TPSA) is 71.1 Å². The number of hydrogen-bond donors (Lipinski definition) is 2. The monoisotopic (exact) mass is 577 g/mol. The second-order valence-corrected chi connectivity index (χ2v) is 10.6. The van der Waals surface area contributed by atoms with E-state index in [1.54, 1.807) is 18.2 Å². The maximum absolute atomic E-state index is 14.2. The minimum absolute atomic E-state index is 0.0293. The van der Waals surface area contributed by atoms with Crippen LogP contribution in [0.1, 0.15) is 27.4 Å². The molecule has 1 aromatic heterocycles. The number of hydrogen-bond acceptors (Lipinski definition) is 3. The molecule has 0 aliphatic heterocycles. The number of halogens is 7. The molecule has 0 bridgehead atoms. The molecule has 1 saturated carbocycles. The molecule has 2 amide bonds. The summed E-state index contributed by atoms with van der Waals surface area (Å²) >= 11 is 31.0. The van der Waals surface area contributed by atoms with Gasteiger partial charge in [0, 0.05) is 27.2 Å². The first-order valence-corrected chi connectivity index (χ1v) is 11.8. The van der Waals surface area contributed by atoms with Gasteiger partial charge < -0.3 is 10.6 Å². The lowest BCUT2D eigenvalue weighted by Gasteiger charge is -2.11. The van der Waals surface area contributed by atoms with Gasteiger partial charge in [0.2, 0.25) is 5.91 Å². The number of nitrogens with zero attached hydrogens (tertiary/aromatic N) is 1. The molecule has 0 spiro atoms. The molecule has 1 aliphatic carbocycles. The normalized spacial score (nSPS) is 18.2. The van der Waals surface area contributed by atoms with Crippen molar-refractivity contribution < 1.29 is 18.4 Å². The van der Waals surface area contributed by atoms with Crippen LogP contribution in [0.3, 0.4) is 0 Å². The highest BCUT2D eigenvalue weighted by Crippen LogP contribution is 2.65. The van der Waals surface area contributed by atoms with Gasteiger partial charge in [-0.3, -0.25) is 9.59 Å². The number of carbonyl (C=O) groups is 2. The molecule has 35 heavy (non-hydrogen) atoms. The third kappa shape index (κ3) is 5.20. The zero-order chi connectivity index (χ0) is 25.7. The van der Waals surface area contributed by atoms with Crippen LogP contribution in [0.4, 0.5) is 20.3 Å². The van der Waals surface area contributed by atoms with Crippen LogP contribution in [0, 0.1) is 24.5 Å². The van der Waals surface area contributed by atoms with Crippen molar-refractivity contribution >= 4 is 81.3 Å². The summed E-state index contributed by atoms with van der Waals surface area (Å²) in [5, 5.41) is 5.67. The van der Waals surface area contributed by atoms with Crippen molar-refractivity contribution in [2.45, 2.75) is 17.2 Å². The van der Waals surface area contributed by atoms with E-state index in [0.29, 0.717) is 15.6 Å². The highest BCUT2D eigenvalue weighted by Gasteiger charge is 2.67. The Balaban J connectivity index is 1.52. The van der Waals surface area contributed by atoms with Gasteiger partial charge in [-0.1, -0.05) is 34.8 Å². The smallest absolute Gasteiger partial charge is 0.258 e. The van der Waals surface area contributed by atoms with E-state index in [1.165, 1.54) is 25.1 Å². The summed E-state index contributed by atoms with van der Waals surface area (Å²) in [5.74, 6) is -5.04. The summed E-state index contributed by atoms with van der Waals surface area (Å²) in [5.41, 5.74) is 0.442. The van der Waals surface area contributed by atoms with E-state index in [1.807, 2.05) is 0 Å². The molecule has 2 atom stereocenters. The number of alkyl halides is 2. The molecule has 3 aromatic rings. The Morgan fingerprint density at radius 3 is 2.31 bits per heavy atom. The fraction of sp³-hybridized carbons (Fsp3) is 0.174. The van der Waals surface area contributed by atoms with Gasteiger partial charge >= 0.3 is 0 Å². The van der Waals surface area contributed by atoms with Crippen molar-refractivity contribution in [1.82, 2.24) is 4.98 Å². The molecule has 4 rings (SSSR count). The first-order valence-electron chi connectivity index (χ1n) is 9.96. The Morgan fingerprint density at radius 1 is 1.00 bits per heavy atom. The molecule has 0 saturated heterocycles. The Hall–Kier alpha value is -2.16. The zero-order valence-electron chi connectivity index (χ0n) is 17.6. The number of rotatable bonds is 5. The molecule has 2 unspecified atom stereocenters. The van der Waals surface area contributed by atoms with Crippen molar-refractivity contribution in [2.75, 3.05) is 10.6 Å². The van der Waals surface area contributed by atoms with Gasteiger partial charge in [0.05, 0.1) is 22.7 Å². The molecule has 1 aliphatic rings. The summed E-state index contributed by atoms with van der Waals surface area (Å²) in [6, 6.07) is 8.93. The minimum atomic E-state index is -1.39. The summed E-state index contributed by atoms with van der Waals surface area (Å²) in [7, 11) is 0. The lowest BCUT2D eigenvalue weighted by Crippen LogP contribution is -2.19. The van der Waals surface area contributed by atoms with E-state index >= 15 is 0 Å². The van der Waals surface area contributed by atoms with Gasteiger partial charge in [0.1, 0.15) is 10.2 Å². The highest BCUT2D eigenvalue weighted by molar-refractivity contribution is 6.53. The van der Waals surface area contributed by atoms with Gasteiger partial charge in [-0.15, -0.1) is 23.2 Å². The highest BCUT2D eigenvalue weighted by atomic mass is 35.5. The number of pyridine rings is 1. The summed E-state index contributed by atoms with van der Waals surface area (Å²) in [6.07, 6.45) is 0.788. The fourth-order valence-corrected chi connectivity index (χ4v) is 5.21. The number of carbonyl (C=O) groups excluding carboxylic acids is 2. The molecule has 5 nitrogen and oxygen atoms in total. The van der Waals surface area contributed by atoms with Gasteiger partial charge in [0.25, 0.3) is 5.91 Å². The van der Waals surface area contributed by atoms with Crippen LogP contribution in [0.15, 0.2) is 42.6 Å². The number of amides is 2. The van der Waals surface area contributed by atoms with Gasteiger partial charge in [-0.05, 0) is 48.9 Å². The fourth-order valence-electron chi connectivity index (χ4n) is 3.64. The maximum Gasteiger partial charge on any atom is 0.258 e. The number of aromatic nitrogens is 1. The quantitative estimate of drug-likeness (QED) is 0.309. The first-order chi connectivity index (χ1) is 16.4. The first kappa shape index (κ1) is 25.9. The molecule has 1 heterocycles. The summed E-state index contributed by atoms with van der Waals surface area (Å²) in [4.78, 5) is 29.2. The van der Waals surface area contributed by atoms with Crippen LogP contribution in [0.5, 0.6) is 0 Å². The van der Waals surface area contributed by atoms with Crippen LogP contribution < -0.4 is 10.6 Å². The van der Waals surface area contributed by atoms with E-state index in [2.05, 4.69) is 15.6 Å². The predicted molar refractivity (Wildman–Crippen MR) is 134 cm³/mol. The van der Waals surface area contributed by atoms with Crippen molar-refractivity contribution in [3.8, 4) is 0 Å². The minimum Gasteiger partial charge on any atom is -0.326 e. The molecule has 2 N–H and O–H groups in total. The Labute approximate surface area is 223 Å². The maximum atomic E-state index is 14.2. The molecule has 1 fully saturated rings. The van der Waals surface area contributed by atoms with Crippen molar-refractivity contribution in [3.05, 3.63) is 86.0 Å². The Kier molecular flexibility index (Phi) is 7.19. The molecular formula is C23H14Cl5F2N3O2. The van der Waals surface area contributed by atoms with E-state index in [-0.39, 0.29) is 21.8 Å². The van der Waals surface area contributed by atoms with Crippen LogP contribution in [-0.4, -0.2) is 21.1 Å². The van der Waals surface area contributed by atoms with Crippen molar-refractivity contribution in [2.24, 2.45) is 5.92 Å². The van der Waals surface area contributed by atoms with Gasteiger partial charge in [0.15, 0.2) is 11.6 Å². The average molecular weight is 580 g/mol. The van der Waals surface area contributed by atoms with E-state index in [0.717, 1.165) is 6.20 Å². The van der Waals surface area contributed by atoms with Crippen LogP contribution in [0.2, 0.25) is 15.1 Å². The molecule has 182 valence electrons. The largest absolute Gasteiger partial charge is 0.326 e. The second kappa shape index (κ2) is 9.71. The lowest BCUT2D eigenvalue weighted by atomic mass is 10.1. The number of anilines is 2. The number of nitrogens with one attached hydrogen (secondary N) is 2. The van der Waals surface area contributed by atoms with E-state index in [4.69, 9.17) is 58.0 Å². The molecule has 12 heteroatoms. The molecular weight excluding hydrogens is 566 g/mol. The SMILES string of the molecule is Cc1c(F)cnc(NC(=O)c2cc(NC(=O)C3C(c4cc(Cl)cc(Cl)c4)C3(Cl)Cl)ccc2Cl)c1F. The number of benzene rings is 2. The average Bonchev–Trinajstić information content (AvgIpc) is 3.36. The Morgan fingerprint density at radius 2 is 1.66 bits per heavy atom. The van der Waals surface area contributed by atoms with Gasteiger partial charge in [-0.2, -0.15) is 0 Å². The third-order valence-electron chi connectivity index (χ3n) is 5.49. The second-order valence-electron chi connectivity index (χ2n) is 7.86. The third-order valence-corrected chi connectivity index (χ3v) is 7.20. The standard InChI is InChI=1S/C23H14Cl5F2N3O2/c1-9-16(29)8-31-20(19(9)30)33-21(34)14-7-13(2-3-15(14)26)32-22(35)18-17(23(18,27)28)10-4-11(24)6-12(25)5-10/h2-8,17-18H,1H3,(H,32,35)(H,31,33,34). The van der Waals surface area contributed by atoms with E-state index in [9.17, 15) is 18.4 Å². The van der Waals surface area contributed by atoms with Crippen LogP contribution >= 0.6 is 58.0 Å². The van der Waals surface area contributed by atoms with Crippen molar-refractivity contribution in [3.63, 3.8) is 0 Å². The molecule has 2 aromatic carbocycles. The zero-order valence-corrected chi connectivity index (χ0v) is 21.4. The van der Waals surface area contributed by atoms with Crippen LogP contribution in [0.25, 0.3) is 0 Å². The summed E-state index contributed by atoms with van der Waals surface area (Å²) in [6.45, 7) is 1.21.